The van der Waals surface area contributed by atoms with Crippen molar-refractivity contribution >= 4 is 23.0 Å². The average molecular weight is 397 g/mol. The number of amides is 1. The fraction of sp³-hybridized carbons (Fsp3) is 0.300. The van der Waals surface area contributed by atoms with Gasteiger partial charge in [0, 0.05) is 45.2 Å². The SMILES string of the molecule is N#Cc1ccc(N2CCN(CCC(=O)Nc3ccccc3[N+](=O)[O-])CC2)c(F)c1. The van der Waals surface area contributed by atoms with Gasteiger partial charge in [-0.15, -0.1) is 0 Å². The van der Waals surface area contributed by atoms with E-state index in [1.165, 1.54) is 18.2 Å². The lowest BCUT2D eigenvalue weighted by molar-refractivity contribution is -0.383. The molecule has 1 amide bonds. The summed E-state index contributed by atoms with van der Waals surface area (Å²) in [6.45, 7) is 3.05. The molecule has 8 nitrogen and oxygen atoms in total. The zero-order valence-electron chi connectivity index (χ0n) is 15.7. The van der Waals surface area contributed by atoms with Gasteiger partial charge >= 0.3 is 0 Å². The molecule has 0 radical (unpaired) electrons. The Bertz CT molecular complexity index is 951. The molecule has 150 valence electrons. The average Bonchev–Trinajstić information content (AvgIpc) is 2.73. The molecular formula is C20H20FN5O3. The first-order valence-corrected chi connectivity index (χ1v) is 9.18. The van der Waals surface area contributed by atoms with Gasteiger partial charge in [-0.25, -0.2) is 4.39 Å². The minimum absolute atomic E-state index is 0.140. The fourth-order valence-corrected chi connectivity index (χ4v) is 3.26. The van der Waals surface area contributed by atoms with E-state index in [0.717, 1.165) is 0 Å². The summed E-state index contributed by atoms with van der Waals surface area (Å²) < 4.78 is 14.2. The van der Waals surface area contributed by atoms with E-state index in [1.54, 1.807) is 24.3 Å². The summed E-state index contributed by atoms with van der Waals surface area (Å²) in [6.07, 6.45) is 0.206. The number of benzene rings is 2. The second kappa shape index (κ2) is 9.12. The Balaban J connectivity index is 1.48. The van der Waals surface area contributed by atoms with Crippen molar-refractivity contribution in [2.75, 3.05) is 42.9 Å². The number of nitro groups is 1. The van der Waals surface area contributed by atoms with Gasteiger partial charge in [-0.05, 0) is 24.3 Å². The van der Waals surface area contributed by atoms with Crippen LogP contribution in [0.1, 0.15) is 12.0 Å². The number of carbonyl (C=O) groups excluding carboxylic acids is 1. The van der Waals surface area contributed by atoms with E-state index >= 15 is 0 Å². The van der Waals surface area contributed by atoms with Crippen LogP contribution < -0.4 is 10.2 Å². The van der Waals surface area contributed by atoms with Gasteiger partial charge in [0.15, 0.2) is 0 Å². The molecule has 9 heteroatoms. The maximum absolute atomic E-state index is 14.2. The van der Waals surface area contributed by atoms with E-state index in [-0.39, 0.29) is 29.3 Å². The number of para-hydroxylation sites is 2. The highest BCUT2D eigenvalue weighted by Gasteiger charge is 2.21. The lowest BCUT2D eigenvalue weighted by Crippen LogP contribution is -2.47. The third-order valence-electron chi connectivity index (χ3n) is 4.82. The summed E-state index contributed by atoms with van der Waals surface area (Å²) in [5.74, 6) is -0.707. The van der Waals surface area contributed by atoms with Crippen molar-refractivity contribution in [3.8, 4) is 6.07 Å². The van der Waals surface area contributed by atoms with Crippen LogP contribution in [0.25, 0.3) is 0 Å². The molecule has 0 bridgehead atoms. The molecule has 0 aromatic heterocycles. The summed E-state index contributed by atoms with van der Waals surface area (Å²) in [5.41, 5.74) is 0.801. The van der Waals surface area contributed by atoms with Crippen molar-refractivity contribution in [1.82, 2.24) is 4.90 Å². The van der Waals surface area contributed by atoms with Crippen LogP contribution in [0.3, 0.4) is 0 Å². The minimum Gasteiger partial charge on any atom is -0.367 e. The van der Waals surface area contributed by atoms with E-state index in [0.29, 0.717) is 38.4 Å². The Hall–Kier alpha value is -3.51. The van der Waals surface area contributed by atoms with Crippen LogP contribution >= 0.6 is 0 Å². The molecule has 2 aromatic rings. The molecule has 0 aliphatic carbocycles. The van der Waals surface area contributed by atoms with Crippen LogP contribution in [-0.2, 0) is 4.79 Å². The summed E-state index contributed by atoms with van der Waals surface area (Å²) >= 11 is 0. The van der Waals surface area contributed by atoms with E-state index in [4.69, 9.17) is 5.26 Å². The molecule has 29 heavy (non-hydrogen) atoms. The molecule has 0 saturated carbocycles. The van der Waals surface area contributed by atoms with Crippen LogP contribution in [0.4, 0.5) is 21.5 Å². The smallest absolute Gasteiger partial charge is 0.292 e. The molecule has 1 saturated heterocycles. The highest BCUT2D eigenvalue weighted by Crippen LogP contribution is 2.24. The monoisotopic (exact) mass is 397 g/mol. The Morgan fingerprint density at radius 3 is 2.59 bits per heavy atom. The molecular weight excluding hydrogens is 377 g/mol. The molecule has 2 aromatic carbocycles. The number of hydrogen-bond donors (Lipinski definition) is 1. The first kappa shape index (κ1) is 20.2. The molecule has 3 rings (SSSR count). The molecule has 1 fully saturated rings. The fourth-order valence-electron chi connectivity index (χ4n) is 3.26. The number of rotatable bonds is 6. The third kappa shape index (κ3) is 5.06. The van der Waals surface area contributed by atoms with Crippen molar-refractivity contribution < 1.29 is 14.1 Å². The molecule has 1 aliphatic rings. The largest absolute Gasteiger partial charge is 0.367 e. The second-order valence-corrected chi connectivity index (χ2v) is 6.68. The van der Waals surface area contributed by atoms with E-state index in [2.05, 4.69) is 10.2 Å². The molecule has 0 spiro atoms. The normalized spacial score (nSPS) is 14.3. The predicted octanol–water partition coefficient (Wildman–Crippen LogP) is 2.76. The van der Waals surface area contributed by atoms with Gasteiger partial charge in [-0.3, -0.25) is 19.8 Å². The lowest BCUT2D eigenvalue weighted by Gasteiger charge is -2.36. The van der Waals surface area contributed by atoms with Gasteiger partial charge in [0.2, 0.25) is 5.91 Å². The Morgan fingerprint density at radius 2 is 1.93 bits per heavy atom. The molecule has 0 atom stereocenters. The van der Waals surface area contributed by atoms with E-state index < -0.39 is 10.7 Å². The summed E-state index contributed by atoms with van der Waals surface area (Å²) in [5, 5.41) is 22.4. The molecule has 1 aliphatic heterocycles. The second-order valence-electron chi connectivity index (χ2n) is 6.68. The van der Waals surface area contributed by atoms with Crippen LogP contribution in [0, 0.1) is 27.3 Å². The quantitative estimate of drug-likeness (QED) is 0.594. The van der Waals surface area contributed by atoms with Crippen molar-refractivity contribution in [3.63, 3.8) is 0 Å². The Labute approximate surface area is 167 Å². The van der Waals surface area contributed by atoms with Crippen molar-refractivity contribution in [1.29, 1.82) is 5.26 Å². The van der Waals surface area contributed by atoms with E-state index in [1.807, 2.05) is 11.0 Å². The molecule has 1 heterocycles. The standard InChI is InChI=1S/C20H20FN5O3/c21-16-13-15(14-22)5-6-18(16)25-11-9-24(10-12-25)8-7-20(27)23-17-3-1-2-4-19(17)26(28)29/h1-6,13H,7-12H2,(H,23,27). The number of piperazine rings is 1. The van der Waals surface area contributed by atoms with Gasteiger partial charge < -0.3 is 10.2 Å². The third-order valence-corrected chi connectivity index (χ3v) is 4.82. The highest BCUT2D eigenvalue weighted by atomic mass is 19.1. The number of nitro benzene ring substituents is 1. The lowest BCUT2D eigenvalue weighted by atomic mass is 10.1. The number of anilines is 2. The topological polar surface area (TPSA) is 103 Å². The van der Waals surface area contributed by atoms with Gasteiger partial charge in [0.25, 0.3) is 5.69 Å². The highest BCUT2D eigenvalue weighted by molar-refractivity contribution is 5.93. The van der Waals surface area contributed by atoms with Gasteiger partial charge in [0.1, 0.15) is 11.5 Å². The number of hydrogen-bond acceptors (Lipinski definition) is 6. The van der Waals surface area contributed by atoms with Gasteiger partial charge in [-0.2, -0.15) is 5.26 Å². The first-order valence-electron chi connectivity index (χ1n) is 9.18. The number of halogens is 1. The van der Waals surface area contributed by atoms with Crippen LogP contribution in [0.2, 0.25) is 0 Å². The van der Waals surface area contributed by atoms with Crippen LogP contribution in [-0.4, -0.2) is 48.5 Å². The predicted molar refractivity (Wildman–Crippen MR) is 106 cm³/mol. The molecule has 0 unspecified atom stereocenters. The summed E-state index contributed by atoms with van der Waals surface area (Å²) in [7, 11) is 0. The summed E-state index contributed by atoms with van der Waals surface area (Å²) in [6, 6.07) is 12.4. The minimum atomic E-state index is -0.531. The van der Waals surface area contributed by atoms with Crippen LogP contribution in [0.15, 0.2) is 42.5 Å². The van der Waals surface area contributed by atoms with Crippen molar-refractivity contribution in [2.45, 2.75) is 6.42 Å². The number of carbonyl (C=O) groups is 1. The Kier molecular flexibility index (Phi) is 6.36. The molecule has 1 N–H and O–H groups in total. The number of nitrogens with one attached hydrogen (secondary N) is 1. The maximum atomic E-state index is 14.2. The maximum Gasteiger partial charge on any atom is 0.292 e. The number of nitriles is 1. The van der Waals surface area contributed by atoms with Crippen molar-refractivity contribution in [3.05, 3.63) is 64.0 Å². The zero-order chi connectivity index (χ0) is 20.8. The van der Waals surface area contributed by atoms with Gasteiger partial charge in [-0.1, -0.05) is 12.1 Å². The first-order chi connectivity index (χ1) is 14.0. The van der Waals surface area contributed by atoms with Crippen molar-refractivity contribution in [2.24, 2.45) is 0 Å². The van der Waals surface area contributed by atoms with E-state index in [9.17, 15) is 19.3 Å². The van der Waals surface area contributed by atoms with Crippen LogP contribution in [0.5, 0.6) is 0 Å². The summed E-state index contributed by atoms with van der Waals surface area (Å²) in [4.78, 5) is 26.7. The van der Waals surface area contributed by atoms with Gasteiger partial charge in [0.05, 0.1) is 22.2 Å². The number of nitrogens with zero attached hydrogens (tertiary/aromatic N) is 4. The Morgan fingerprint density at radius 1 is 1.21 bits per heavy atom. The zero-order valence-corrected chi connectivity index (χ0v) is 15.7.